The van der Waals surface area contributed by atoms with Gasteiger partial charge < -0.3 is 10.2 Å². The van der Waals surface area contributed by atoms with Crippen molar-refractivity contribution in [3.63, 3.8) is 0 Å². The van der Waals surface area contributed by atoms with Crippen molar-refractivity contribution in [3.05, 3.63) is 190 Å². The number of hydrogen-bond donors (Lipinski definition) is 2. The highest BCUT2D eigenvalue weighted by molar-refractivity contribution is 7.99. The Morgan fingerprint density at radius 2 is 0.574 bits per heavy atom. The summed E-state index contributed by atoms with van der Waals surface area (Å²) in [4.78, 5) is 2.11. The molecule has 4 unspecified atom stereocenters. The lowest BCUT2D eigenvalue weighted by atomic mass is 9.86. The van der Waals surface area contributed by atoms with Crippen LogP contribution in [0.3, 0.4) is 0 Å². The van der Waals surface area contributed by atoms with Crippen molar-refractivity contribution in [1.29, 1.82) is 0 Å². The molecule has 0 spiro atoms. The summed E-state index contributed by atoms with van der Waals surface area (Å²) < 4.78 is 0. The fraction of sp³-hybridized carbons (Fsp3) is 0.182. The van der Waals surface area contributed by atoms with Crippen LogP contribution in [-0.4, -0.2) is 10.2 Å². The molecule has 0 amide bonds. The van der Waals surface area contributed by atoms with Crippen LogP contribution in [0.15, 0.2) is 155 Å². The second-order valence-electron chi connectivity index (χ2n) is 12.5. The molecule has 47 heavy (non-hydrogen) atoms. The summed E-state index contributed by atoms with van der Waals surface area (Å²) in [7, 11) is 0. The quantitative estimate of drug-likeness (QED) is 0.157. The van der Waals surface area contributed by atoms with Gasteiger partial charge in [0.15, 0.2) is 0 Å². The fourth-order valence-corrected chi connectivity index (χ4v) is 7.58. The van der Waals surface area contributed by atoms with Crippen LogP contribution >= 0.6 is 11.8 Å². The van der Waals surface area contributed by atoms with Crippen LogP contribution in [0.25, 0.3) is 0 Å². The summed E-state index contributed by atoms with van der Waals surface area (Å²) in [5.74, 6) is 0.705. The molecule has 0 fully saturated rings. The van der Waals surface area contributed by atoms with Gasteiger partial charge in [0.05, 0.1) is 0 Å². The number of hydrogen-bond acceptors (Lipinski definition) is 3. The van der Waals surface area contributed by atoms with Crippen LogP contribution in [-0.2, 0) is 0 Å². The molecular formula is C44H42O2S. The Morgan fingerprint density at radius 1 is 0.362 bits per heavy atom. The molecule has 2 N–H and O–H groups in total. The number of benzene rings is 6. The third-order valence-corrected chi connectivity index (χ3v) is 10.5. The summed E-state index contributed by atoms with van der Waals surface area (Å²) >= 11 is 1.69. The van der Waals surface area contributed by atoms with Crippen molar-refractivity contribution in [3.8, 4) is 11.5 Å². The molecule has 0 radical (unpaired) electrons. The lowest BCUT2D eigenvalue weighted by Crippen LogP contribution is -2.04. The maximum Gasteiger partial charge on any atom is 0.123 e. The molecule has 0 aliphatic heterocycles. The zero-order valence-electron chi connectivity index (χ0n) is 27.5. The van der Waals surface area contributed by atoms with Crippen molar-refractivity contribution >= 4 is 11.8 Å². The van der Waals surface area contributed by atoms with Gasteiger partial charge in [0.2, 0.25) is 0 Å². The van der Waals surface area contributed by atoms with E-state index in [1.807, 2.05) is 24.3 Å². The van der Waals surface area contributed by atoms with Gasteiger partial charge in [0.25, 0.3) is 0 Å². The van der Waals surface area contributed by atoms with E-state index in [1.165, 1.54) is 0 Å². The van der Waals surface area contributed by atoms with Gasteiger partial charge in [-0.1, -0.05) is 161 Å². The van der Waals surface area contributed by atoms with Crippen LogP contribution in [0.1, 0.15) is 95.9 Å². The van der Waals surface area contributed by atoms with Gasteiger partial charge in [0.1, 0.15) is 11.5 Å². The number of aromatic hydroxyl groups is 2. The summed E-state index contributed by atoms with van der Waals surface area (Å²) in [6, 6.07) is 50.1. The molecule has 0 heterocycles. The van der Waals surface area contributed by atoms with Crippen molar-refractivity contribution in [2.45, 2.75) is 61.2 Å². The molecule has 0 saturated heterocycles. The van der Waals surface area contributed by atoms with Gasteiger partial charge in [-0.15, -0.1) is 0 Å². The van der Waals surface area contributed by atoms with Crippen LogP contribution in [0.4, 0.5) is 0 Å². The molecule has 236 valence electrons. The van der Waals surface area contributed by atoms with E-state index in [2.05, 4.69) is 149 Å². The van der Waals surface area contributed by atoms with Gasteiger partial charge in [-0.05, 0) is 46.5 Å². The van der Waals surface area contributed by atoms with Crippen LogP contribution in [0, 0.1) is 0 Å². The Balaban J connectivity index is 1.49. The van der Waals surface area contributed by atoms with Gasteiger partial charge in [-0.2, -0.15) is 0 Å². The van der Waals surface area contributed by atoms with Crippen molar-refractivity contribution in [1.82, 2.24) is 0 Å². The normalized spacial score (nSPS) is 13.9. The Kier molecular flexibility index (Phi) is 9.84. The highest BCUT2D eigenvalue weighted by Crippen LogP contribution is 2.46. The highest BCUT2D eigenvalue weighted by Gasteiger charge is 2.24. The average molecular weight is 635 g/mol. The lowest BCUT2D eigenvalue weighted by Gasteiger charge is -2.23. The van der Waals surface area contributed by atoms with Crippen LogP contribution in [0.5, 0.6) is 11.5 Å². The molecule has 4 atom stereocenters. The molecule has 0 aliphatic carbocycles. The SMILES string of the molecule is CC(c1ccccc1)c1cc(Sc2cc(C(C)c3ccccc3)c(O)c(C(C)c3ccccc3)c2)cc(C(C)c2ccccc2)c1O. The van der Waals surface area contributed by atoms with E-state index in [1.54, 1.807) is 11.8 Å². The third kappa shape index (κ3) is 7.01. The maximum absolute atomic E-state index is 11.8. The zero-order valence-corrected chi connectivity index (χ0v) is 28.3. The second-order valence-corrected chi connectivity index (χ2v) is 13.7. The smallest absolute Gasteiger partial charge is 0.123 e. The van der Waals surface area contributed by atoms with E-state index < -0.39 is 0 Å². The zero-order chi connectivity index (χ0) is 32.9. The van der Waals surface area contributed by atoms with E-state index in [0.717, 1.165) is 54.3 Å². The van der Waals surface area contributed by atoms with E-state index in [-0.39, 0.29) is 23.7 Å². The minimum Gasteiger partial charge on any atom is -0.507 e. The Morgan fingerprint density at radius 3 is 0.787 bits per heavy atom. The molecule has 6 aromatic carbocycles. The molecule has 2 nitrogen and oxygen atoms in total. The fourth-order valence-electron chi connectivity index (χ4n) is 6.56. The first-order valence-corrected chi connectivity index (χ1v) is 17.2. The number of rotatable bonds is 10. The molecule has 0 saturated carbocycles. The first kappa shape index (κ1) is 32.2. The Hall–Kier alpha value is -4.73. The number of phenols is 2. The lowest BCUT2D eigenvalue weighted by molar-refractivity contribution is 0.456. The minimum absolute atomic E-state index is 0.000573. The van der Waals surface area contributed by atoms with Crippen molar-refractivity contribution in [2.75, 3.05) is 0 Å². The molecule has 6 rings (SSSR count). The van der Waals surface area contributed by atoms with Crippen LogP contribution in [0.2, 0.25) is 0 Å². The van der Waals surface area contributed by atoms with Gasteiger partial charge >= 0.3 is 0 Å². The van der Waals surface area contributed by atoms with Gasteiger partial charge in [-0.3, -0.25) is 0 Å². The molecule has 3 heteroatoms. The third-order valence-electron chi connectivity index (χ3n) is 9.58. The summed E-state index contributed by atoms with van der Waals surface area (Å²) in [5, 5.41) is 23.6. The van der Waals surface area contributed by atoms with Gasteiger partial charge in [0, 0.05) is 55.7 Å². The minimum atomic E-state index is 0.000573. The molecular weight excluding hydrogens is 593 g/mol. The van der Waals surface area contributed by atoms with Gasteiger partial charge in [-0.25, -0.2) is 0 Å². The number of phenolic OH excluding ortho intramolecular Hbond substituents is 2. The highest BCUT2D eigenvalue weighted by atomic mass is 32.2. The predicted octanol–water partition coefficient (Wildman–Crippen LogP) is 11.9. The average Bonchev–Trinajstić information content (AvgIpc) is 3.13. The standard InChI is InChI=1S/C44H42O2S/c1-29(33-17-9-5-10-18-33)39-25-37(26-40(43(39)45)30(2)34-19-11-6-12-20-34)47-38-27-41(31(3)35-21-13-7-14-22-35)44(46)42(28-38)32(4)36-23-15-8-16-24-36/h5-32,45-46H,1-4H3. The summed E-state index contributed by atoms with van der Waals surface area (Å²) in [5.41, 5.74) is 8.28. The maximum atomic E-state index is 11.8. The first-order chi connectivity index (χ1) is 22.8. The summed E-state index contributed by atoms with van der Waals surface area (Å²) in [6.07, 6.45) is 0. The summed E-state index contributed by atoms with van der Waals surface area (Å²) in [6.45, 7) is 8.65. The van der Waals surface area contributed by atoms with E-state index >= 15 is 0 Å². The van der Waals surface area contributed by atoms with E-state index in [4.69, 9.17) is 0 Å². The molecule has 6 aromatic rings. The molecule has 0 aliphatic rings. The monoisotopic (exact) mass is 634 g/mol. The topological polar surface area (TPSA) is 40.5 Å². The van der Waals surface area contributed by atoms with Crippen LogP contribution < -0.4 is 0 Å². The Labute approximate surface area is 283 Å². The van der Waals surface area contributed by atoms with Crippen molar-refractivity contribution in [2.24, 2.45) is 0 Å². The predicted molar refractivity (Wildman–Crippen MR) is 196 cm³/mol. The van der Waals surface area contributed by atoms with Crippen molar-refractivity contribution < 1.29 is 10.2 Å². The van der Waals surface area contributed by atoms with E-state index in [9.17, 15) is 10.2 Å². The first-order valence-electron chi connectivity index (χ1n) is 16.4. The largest absolute Gasteiger partial charge is 0.507 e. The van der Waals surface area contributed by atoms with E-state index in [0.29, 0.717) is 11.5 Å². The molecule has 0 bridgehead atoms. The second kappa shape index (κ2) is 14.4. The Bertz CT molecular complexity index is 1650. The molecule has 0 aromatic heterocycles.